The van der Waals surface area contributed by atoms with Crippen LogP contribution in [0.3, 0.4) is 0 Å². The Bertz CT molecular complexity index is 188. The maximum absolute atomic E-state index is 9.87. The van der Waals surface area contributed by atoms with Crippen molar-refractivity contribution in [2.45, 2.75) is 44.8 Å². The predicted octanol–water partition coefficient (Wildman–Crippen LogP) is 0.918. The first kappa shape index (κ1) is 7.56. The van der Waals surface area contributed by atoms with Gasteiger partial charge < -0.3 is 10.2 Å². The molecule has 0 radical (unpaired) electrons. The molecule has 2 heteroatoms. The van der Waals surface area contributed by atoms with Crippen LogP contribution in [0.15, 0.2) is 0 Å². The number of fused-ring (bicyclic) bond motifs is 1. The van der Waals surface area contributed by atoms with Crippen LogP contribution in [0.5, 0.6) is 0 Å². The van der Waals surface area contributed by atoms with E-state index in [2.05, 4.69) is 6.92 Å². The van der Waals surface area contributed by atoms with E-state index in [0.29, 0.717) is 5.92 Å². The Kier molecular flexibility index (Phi) is 1.24. The van der Waals surface area contributed by atoms with Crippen LogP contribution >= 0.6 is 0 Å². The molecule has 2 aliphatic carbocycles. The Morgan fingerprint density at radius 1 is 1.36 bits per heavy atom. The molecule has 4 atom stereocenters. The third kappa shape index (κ3) is 0.744. The zero-order valence-electron chi connectivity index (χ0n) is 7.17. The average Bonchev–Trinajstić information content (AvgIpc) is 1.91. The topological polar surface area (TPSA) is 40.5 Å². The maximum atomic E-state index is 9.87. The molecule has 0 bridgehead atoms. The molecule has 2 saturated carbocycles. The Balaban J connectivity index is 2.27. The summed E-state index contributed by atoms with van der Waals surface area (Å²) >= 11 is 0. The minimum Gasteiger partial charge on any atom is -0.390 e. The van der Waals surface area contributed by atoms with Crippen molar-refractivity contribution in [2.24, 2.45) is 11.3 Å². The van der Waals surface area contributed by atoms with E-state index in [1.165, 1.54) is 6.42 Å². The standard InChI is InChI=1S/C9H16O2/c1-8-4-3-6(8)9(2,11)7(10)5-8/h6-7,10-11H,3-5H2,1-2H3. The third-order valence-electron chi connectivity index (χ3n) is 3.89. The summed E-state index contributed by atoms with van der Waals surface area (Å²) in [6, 6.07) is 0. The van der Waals surface area contributed by atoms with Crippen LogP contribution in [-0.4, -0.2) is 21.9 Å². The molecule has 0 aromatic carbocycles. The van der Waals surface area contributed by atoms with Crippen molar-refractivity contribution in [3.63, 3.8) is 0 Å². The molecular formula is C9H16O2. The summed E-state index contributed by atoms with van der Waals surface area (Å²) < 4.78 is 0. The van der Waals surface area contributed by atoms with Crippen molar-refractivity contribution < 1.29 is 10.2 Å². The number of hydrogen-bond donors (Lipinski definition) is 2. The molecule has 0 aliphatic heterocycles. The Morgan fingerprint density at radius 2 is 2.00 bits per heavy atom. The van der Waals surface area contributed by atoms with E-state index in [-0.39, 0.29) is 5.41 Å². The second-order valence-corrected chi connectivity index (χ2v) is 4.69. The summed E-state index contributed by atoms with van der Waals surface area (Å²) in [6.45, 7) is 3.94. The molecule has 0 aromatic rings. The van der Waals surface area contributed by atoms with Crippen molar-refractivity contribution in [3.05, 3.63) is 0 Å². The Hall–Kier alpha value is -0.0800. The highest BCUT2D eigenvalue weighted by Gasteiger charge is 2.61. The molecular weight excluding hydrogens is 140 g/mol. The normalized spacial score (nSPS) is 62.2. The Labute approximate surface area is 67.2 Å². The van der Waals surface area contributed by atoms with Gasteiger partial charge in [0.15, 0.2) is 0 Å². The number of aliphatic hydroxyl groups is 2. The smallest absolute Gasteiger partial charge is 0.0910 e. The van der Waals surface area contributed by atoms with Crippen molar-refractivity contribution in [1.29, 1.82) is 0 Å². The SMILES string of the molecule is CC12CCC1C(C)(O)C(O)C2. The van der Waals surface area contributed by atoms with E-state index in [0.717, 1.165) is 12.8 Å². The lowest BCUT2D eigenvalue weighted by atomic mass is 9.60. The Morgan fingerprint density at radius 3 is 2.18 bits per heavy atom. The summed E-state index contributed by atoms with van der Waals surface area (Å²) in [4.78, 5) is 0. The molecule has 2 rings (SSSR count). The minimum atomic E-state index is -0.812. The average molecular weight is 156 g/mol. The first-order chi connectivity index (χ1) is 4.97. The van der Waals surface area contributed by atoms with Crippen LogP contribution in [0.1, 0.15) is 33.1 Å². The van der Waals surface area contributed by atoms with Crippen LogP contribution in [0.25, 0.3) is 0 Å². The fraction of sp³-hybridized carbons (Fsp3) is 1.00. The van der Waals surface area contributed by atoms with Crippen molar-refractivity contribution in [1.82, 2.24) is 0 Å². The first-order valence-electron chi connectivity index (χ1n) is 4.37. The summed E-state index contributed by atoms with van der Waals surface area (Å²) in [5.74, 6) is 0.338. The summed E-state index contributed by atoms with van der Waals surface area (Å²) in [5.41, 5.74) is -0.573. The number of rotatable bonds is 0. The second kappa shape index (κ2) is 1.80. The molecule has 4 unspecified atom stereocenters. The molecule has 2 aliphatic rings. The summed E-state index contributed by atoms with van der Waals surface area (Å²) in [7, 11) is 0. The lowest BCUT2D eigenvalue weighted by Gasteiger charge is -2.46. The molecule has 2 N–H and O–H groups in total. The van der Waals surface area contributed by atoms with Gasteiger partial charge in [-0.05, 0) is 37.5 Å². The fourth-order valence-electron chi connectivity index (χ4n) is 2.90. The van der Waals surface area contributed by atoms with Gasteiger partial charge in [-0.15, -0.1) is 0 Å². The highest BCUT2D eigenvalue weighted by molar-refractivity contribution is 5.11. The zero-order chi connectivity index (χ0) is 8.28. The van der Waals surface area contributed by atoms with E-state index in [9.17, 15) is 10.2 Å². The highest BCUT2D eigenvalue weighted by atomic mass is 16.3. The molecule has 0 aromatic heterocycles. The van der Waals surface area contributed by atoms with Gasteiger partial charge in [0.25, 0.3) is 0 Å². The number of hydrogen-bond acceptors (Lipinski definition) is 2. The van der Waals surface area contributed by atoms with Crippen LogP contribution in [0, 0.1) is 11.3 Å². The molecule has 0 saturated heterocycles. The van der Waals surface area contributed by atoms with Crippen LogP contribution in [-0.2, 0) is 0 Å². The fourth-order valence-corrected chi connectivity index (χ4v) is 2.90. The monoisotopic (exact) mass is 156 g/mol. The predicted molar refractivity (Wildman–Crippen MR) is 42.1 cm³/mol. The molecule has 2 fully saturated rings. The zero-order valence-corrected chi connectivity index (χ0v) is 7.17. The van der Waals surface area contributed by atoms with E-state index < -0.39 is 11.7 Å². The van der Waals surface area contributed by atoms with Gasteiger partial charge in [-0.1, -0.05) is 6.92 Å². The molecule has 0 amide bonds. The molecule has 64 valence electrons. The van der Waals surface area contributed by atoms with Gasteiger partial charge in [0.05, 0.1) is 11.7 Å². The van der Waals surface area contributed by atoms with Crippen molar-refractivity contribution in [3.8, 4) is 0 Å². The maximum Gasteiger partial charge on any atom is 0.0910 e. The lowest BCUT2D eigenvalue weighted by Crippen LogP contribution is -2.46. The van der Waals surface area contributed by atoms with Gasteiger partial charge in [-0.25, -0.2) is 0 Å². The largest absolute Gasteiger partial charge is 0.390 e. The molecule has 11 heavy (non-hydrogen) atoms. The van der Waals surface area contributed by atoms with Gasteiger partial charge in [0.1, 0.15) is 0 Å². The third-order valence-corrected chi connectivity index (χ3v) is 3.89. The summed E-state index contributed by atoms with van der Waals surface area (Å²) in [6.07, 6.45) is 2.54. The van der Waals surface area contributed by atoms with E-state index in [1.807, 2.05) is 0 Å². The molecule has 2 nitrogen and oxygen atoms in total. The van der Waals surface area contributed by atoms with Crippen LogP contribution in [0.2, 0.25) is 0 Å². The first-order valence-corrected chi connectivity index (χ1v) is 4.37. The van der Waals surface area contributed by atoms with Gasteiger partial charge in [0, 0.05) is 0 Å². The number of aliphatic hydroxyl groups excluding tert-OH is 1. The van der Waals surface area contributed by atoms with Gasteiger partial charge >= 0.3 is 0 Å². The summed E-state index contributed by atoms with van der Waals surface area (Å²) in [5, 5.41) is 19.4. The minimum absolute atomic E-state index is 0.239. The van der Waals surface area contributed by atoms with Crippen LogP contribution in [0.4, 0.5) is 0 Å². The van der Waals surface area contributed by atoms with Gasteiger partial charge in [-0.2, -0.15) is 0 Å². The van der Waals surface area contributed by atoms with Crippen molar-refractivity contribution in [2.75, 3.05) is 0 Å². The van der Waals surface area contributed by atoms with Gasteiger partial charge in [0.2, 0.25) is 0 Å². The van der Waals surface area contributed by atoms with Crippen molar-refractivity contribution >= 4 is 0 Å². The lowest BCUT2D eigenvalue weighted by molar-refractivity contribution is -0.0976. The highest BCUT2D eigenvalue weighted by Crippen LogP contribution is 2.61. The van der Waals surface area contributed by atoms with Gasteiger partial charge in [-0.3, -0.25) is 0 Å². The quantitative estimate of drug-likeness (QED) is 0.547. The van der Waals surface area contributed by atoms with E-state index >= 15 is 0 Å². The molecule has 0 heterocycles. The van der Waals surface area contributed by atoms with E-state index in [4.69, 9.17) is 0 Å². The second-order valence-electron chi connectivity index (χ2n) is 4.69. The van der Waals surface area contributed by atoms with E-state index in [1.54, 1.807) is 6.92 Å². The molecule has 0 spiro atoms. The van der Waals surface area contributed by atoms with Crippen LogP contribution < -0.4 is 0 Å².